The number of para-hydroxylation sites is 2. The fourth-order valence-electron chi connectivity index (χ4n) is 5.57. The smallest absolute Gasteiger partial charge is 0.270 e. The number of thioether (sulfide) groups is 1. The molecule has 0 N–H and O–H groups in total. The van der Waals surface area contributed by atoms with Crippen LogP contribution in [0.4, 0.5) is 0 Å². The Kier molecular flexibility index (Phi) is 10.3. The van der Waals surface area contributed by atoms with Crippen LogP contribution in [0.15, 0.2) is 92.1 Å². The van der Waals surface area contributed by atoms with Crippen molar-refractivity contribution >= 4 is 43.8 Å². The van der Waals surface area contributed by atoms with Crippen molar-refractivity contribution in [2.45, 2.75) is 23.4 Å². The summed E-state index contributed by atoms with van der Waals surface area (Å²) in [4.78, 5) is 19.0. The monoisotopic (exact) mass is 732 g/mol. The zero-order chi connectivity index (χ0) is 36.3. The van der Waals surface area contributed by atoms with Gasteiger partial charge in [-0.2, -0.15) is 0 Å². The normalized spacial score (nSPS) is 11.5. The van der Waals surface area contributed by atoms with Crippen molar-refractivity contribution < 1.29 is 41.3 Å². The van der Waals surface area contributed by atoms with E-state index in [2.05, 4.69) is 4.98 Å². The Hall–Kier alpha value is -5.34. The van der Waals surface area contributed by atoms with E-state index >= 15 is 0 Å². The first-order chi connectivity index (χ1) is 24.6. The van der Waals surface area contributed by atoms with Crippen LogP contribution in [0.5, 0.6) is 34.5 Å². The number of benzene rings is 4. The van der Waals surface area contributed by atoms with Crippen LogP contribution in [0.1, 0.15) is 12.0 Å². The van der Waals surface area contributed by atoms with E-state index in [0.717, 1.165) is 5.56 Å². The maximum Gasteiger partial charge on any atom is 0.270 e. The van der Waals surface area contributed by atoms with E-state index in [-0.39, 0.29) is 39.7 Å². The summed E-state index contributed by atoms with van der Waals surface area (Å²) in [5, 5.41) is 0.493. The summed E-state index contributed by atoms with van der Waals surface area (Å²) in [6, 6.07) is 20.3. The molecule has 14 heteroatoms. The van der Waals surface area contributed by atoms with Crippen molar-refractivity contribution in [3.8, 4) is 45.8 Å². The van der Waals surface area contributed by atoms with Gasteiger partial charge in [0.25, 0.3) is 10.0 Å². The molecule has 0 saturated carbocycles. The lowest BCUT2D eigenvalue weighted by Gasteiger charge is -2.17. The van der Waals surface area contributed by atoms with Gasteiger partial charge in [0.15, 0.2) is 22.4 Å². The maximum atomic E-state index is 14.2. The lowest BCUT2D eigenvalue weighted by Crippen LogP contribution is -2.15. The second-order valence-corrected chi connectivity index (χ2v) is 14.1. The van der Waals surface area contributed by atoms with Crippen molar-refractivity contribution in [2.75, 3.05) is 47.9 Å². The lowest BCUT2D eigenvalue weighted by atomic mass is 10.1. The van der Waals surface area contributed by atoms with Crippen LogP contribution in [-0.4, -0.2) is 65.3 Å². The molecule has 0 atom stereocenters. The molecule has 2 heterocycles. The Bertz CT molecular complexity index is 2360. The number of aromatic nitrogens is 2. The highest BCUT2D eigenvalue weighted by Crippen LogP contribution is 2.44. The van der Waals surface area contributed by atoms with Crippen molar-refractivity contribution in [1.82, 2.24) is 8.96 Å². The van der Waals surface area contributed by atoms with Crippen molar-refractivity contribution in [3.05, 3.63) is 88.6 Å². The van der Waals surface area contributed by atoms with E-state index in [1.807, 2.05) is 13.0 Å². The number of methoxy groups -OCH3 is 5. The van der Waals surface area contributed by atoms with Crippen LogP contribution < -0.4 is 33.8 Å². The average Bonchev–Trinajstić information content (AvgIpc) is 3.53. The number of hydrogen-bond acceptors (Lipinski definition) is 12. The van der Waals surface area contributed by atoms with Gasteiger partial charge in [0.05, 0.1) is 58.1 Å². The molecule has 12 nitrogen and oxygen atoms in total. The van der Waals surface area contributed by atoms with Gasteiger partial charge in [-0.3, -0.25) is 4.79 Å². The molecule has 0 amide bonds. The number of ether oxygens (including phenoxy) is 6. The van der Waals surface area contributed by atoms with E-state index in [4.69, 9.17) is 32.8 Å². The molecule has 0 fully saturated rings. The van der Waals surface area contributed by atoms with E-state index in [0.29, 0.717) is 56.9 Å². The van der Waals surface area contributed by atoms with Crippen molar-refractivity contribution in [1.29, 1.82) is 0 Å². The van der Waals surface area contributed by atoms with Gasteiger partial charge in [0.2, 0.25) is 16.9 Å². The third-order valence-electron chi connectivity index (χ3n) is 8.09. The number of hydrogen-bond donors (Lipinski definition) is 0. The van der Waals surface area contributed by atoms with Crippen LogP contribution in [0, 0.1) is 6.92 Å². The first-order valence-corrected chi connectivity index (χ1v) is 18.2. The summed E-state index contributed by atoms with van der Waals surface area (Å²) in [6.45, 7) is 1.99. The molecule has 0 aliphatic rings. The Morgan fingerprint density at radius 3 is 2.14 bits per heavy atom. The topological polar surface area (TPSA) is 138 Å². The summed E-state index contributed by atoms with van der Waals surface area (Å²) in [5.41, 5.74) is 2.18. The molecule has 0 radical (unpaired) electrons. The van der Waals surface area contributed by atoms with Crippen molar-refractivity contribution in [3.63, 3.8) is 0 Å². The van der Waals surface area contributed by atoms with Crippen LogP contribution in [-0.2, 0) is 10.0 Å². The summed E-state index contributed by atoms with van der Waals surface area (Å²) in [7, 11) is 3.47. The summed E-state index contributed by atoms with van der Waals surface area (Å²) < 4.78 is 69.1. The molecule has 6 rings (SSSR count). The zero-order valence-corrected chi connectivity index (χ0v) is 30.5. The summed E-state index contributed by atoms with van der Waals surface area (Å²) in [5.74, 6) is 2.24. The fraction of sp³-hybridized carbons (Fsp3) is 0.243. The molecule has 51 heavy (non-hydrogen) atoms. The molecule has 0 bridgehead atoms. The zero-order valence-electron chi connectivity index (χ0n) is 28.8. The second kappa shape index (κ2) is 14.9. The lowest BCUT2D eigenvalue weighted by molar-refractivity contribution is 0.309. The number of rotatable bonds is 14. The molecule has 0 saturated heterocycles. The molecule has 0 aliphatic carbocycles. The van der Waals surface area contributed by atoms with Gasteiger partial charge in [0.1, 0.15) is 22.5 Å². The standard InChI is InChI=1S/C37H36N2O10S2/c1-22-12-14-25(15-13-22)51(41,42)39-27-11-8-7-10-26(27)38-37(39)50-17-9-16-48-36-33(40)32-28(44-3)20-24(43-2)21-29(32)49-34(36)23-18-30(45-4)35(47-6)31(19-23)46-5/h7-8,10-15,18-21H,9,16-17H2,1-6H3. The fourth-order valence-corrected chi connectivity index (χ4v) is 8.20. The average molecular weight is 733 g/mol. The first-order valence-electron chi connectivity index (χ1n) is 15.7. The molecular formula is C37H36N2O10S2. The Labute approximate surface area is 298 Å². The van der Waals surface area contributed by atoms with Crippen molar-refractivity contribution in [2.24, 2.45) is 0 Å². The number of fused-ring (bicyclic) bond motifs is 2. The minimum atomic E-state index is -3.95. The third kappa shape index (κ3) is 6.76. The van der Waals surface area contributed by atoms with Gasteiger partial charge in [0, 0.05) is 23.4 Å². The number of aryl methyl sites for hydroxylation is 1. The maximum absolute atomic E-state index is 14.2. The minimum absolute atomic E-state index is 0.0561. The Morgan fingerprint density at radius 1 is 0.804 bits per heavy atom. The van der Waals surface area contributed by atoms with E-state index < -0.39 is 15.5 Å². The second-order valence-electron chi connectivity index (χ2n) is 11.2. The molecule has 2 aromatic heterocycles. The molecule has 0 spiro atoms. The van der Waals surface area contributed by atoms with Crippen LogP contribution in [0.3, 0.4) is 0 Å². The van der Waals surface area contributed by atoms with Gasteiger partial charge in [-0.25, -0.2) is 17.4 Å². The highest BCUT2D eigenvalue weighted by Gasteiger charge is 2.26. The Balaban J connectivity index is 1.33. The van der Waals surface area contributed by atoms with Gasteiger partial charge < -0.3 is 32.8 Å². The molecule has 0 unspecified atom stereocenters. The third-order valence-corrected chi connectivity index (χ3v) is 10.9. The molecule has 266 valence electrons. The van der Waals surface area contributed by atoms with Gasteiger partial charge in [-0.1, -0.05) is 41.6 Å². The molecule has 6 aromatic rings. The summed E-state index contributed by atoms with van der Waals surface area (Å²) >= 11 is 1.27. The first kappa shape index (κ1) is 35.5. The van der Waals surface area contributed by atoms with Gasteiger partial charge in [-0.15, -0.1) is 0 Å². The predicted octanol–water partition coefficient (Wildman–Crippen LogP) is 6.96. The quantitative estimate of drug-likeness (QED) is 0.0846. The van der Waals surface area contributed by atoms with Gasteiger partial charge in [-0.05, 0) is 49.7 Å². The highest BCUT2D eigenvalue weighted by molar-refractivity contribution is 8.00. The van der Waals surface area contributed by atoms with E-state index in [9.17, 15) is 13.2 Å². The Morgan fingerprint density at radius 2 is 1.49 bits per heavy atom. The SMILES string of the molecule is COc1cc(OC)c2c(=O)c(OCCCSc3nc4ccccc4n3S(=O)(=O)c3ccc(C)cc3)c(-c3cc(OC)c(OC)c(OC)c3)oc2c1. The van der Waals surface area contributed by atoms with Crippen LogP contribution in [0.25, 0.3) is 33.3 Å². The predicted molar refractivity (Wildman–Crippen MR) is 195 cm³/mol. The highest BCUT2D eigenvalue weighted by atomic mass is 32.2. The molecule has 4 aromatic carbocycles. The molecular weight excluding hydrogens is 697 g/mol. The van der Waals surface area contributed by atoms with E-state index in [1.165, 1.54) is 51.3 Å². The van der Waals surface area contributed by atoms with Crippen LogP contribution in [0.2, 0.25) is 0 Å². The minimum Gasteiger partial charge on any atom is -0.496 e. The molecule has 0 aliphatic heterocycles. The largest absolute Gasteiger partial charge is 0.496 e. The van der Waals surface area contributed by atoms with E-state index in [1.54, 1.807) is 66.7 Å². The van der Waals surface area contributed by atoms with Gasteiger partial charge >= 0.3 is 0 Å². The number of imidazole rings is 1. The number of nitrogens with zero attached hydrogens (tertiary/aromatic N) is 2. The van der Waals surface area contributed by atoms with Crippen LogP contribution >= 0.6 is 11.8 Å². The summed E-state index contributed by atoms with van der Waals surface area (Å²) in [6.07, 6.45) is 0.421.